The lowest BCUT2D eigenvalue weighted by molar-refractivity contribution is -0.384. The van der Waals surface area contributed by atoms with Crippen LogP contribution in [0, 0.1) is 24.0 Å². The number of benzene rings is 1. The maximum absolute atomic E-state index is 10.8. The normalized spacial score (nSPS) is 11.1. The molecule has 1 heterocycles. The van der Waals surface area contributed by atoms with E-state index in [2.05, 4.69) is 4.99 Å². The molecule has 19 heavy (non-hydrogen) atoms. The molecule has 0 atom stereocenters. The van der Waals surface area contributed by atoms with E-state index in [1.165, 1.54) is 12.1 Å². The molecule has 0 spiro atoms. The van der Waals surface area contributed by atoms with Crippen molar-refractivity contribution in [2.24, 2.45) is 4.99 Å². The zero-order chi connectivity index (χ0) is 14.0. The van der Waals surface area contributed by atoms with Crippen molar-refractivity contribution >= 4 is 29.2 Å². The van der Waals surface area contributed by atoms with Gasteiger partial charge in [-0.1, -0.05) is 11.6 Å². The maximum Gasteiger partial charge on any atom is 0.290 e. The lowest BCUT2D eigenvalue weighted by Crippen LogP contribution is -1.88. The van der Waals surface area contributed by atoms with E-state index in [1.54, 1.807) is 12.3 Å². The van der Waals surface area contributed by atoms with Crippen molar-refractivity contribution in [1.29, 1.82) is 0 Å². The number of furan rings is 1. The van der Waals surface area contributed by atoms with Crippen LogP contribution in [0.15, 0.2) is 33.7 Å². The van der Waals surface area contributed by atoms with Gasteiger partial charge in [-0.05, 0) is 32.0 Å². The van der Waals surface area contributed by atoms with Gasteiger partial charge in [0.05, 0.1) is 10.6 Å². The highest BCUT2D eigenvalue weighted by Crippen LogP contribution is 2.28. The van der Waals surface area contributed by atoms with Gasteiger partial charge in [0.15, 0.2) is 0 Å². The monoisotopic (exact) mass is 278 g/mol. The Bertz CT molecular complexity index is 662. The molecule has 0 fully saturated rings. The van der Waals surface area contributed by atoms with Crippen LogP contribution in [-0.4, -0.2) is 11.1 Å². The van der Waals surface area contributed by atoms with Crippen molar-refractivity contribution in [2.75, 3.05) is 0 Å². The summed E-state index contributed by atoms with van der Waals surface area (Å²) < 4.78 is 5.36. The quantitative estimate of drug-likeness (QED) is 0.480. The second-order valence-corrected chi connectivity index (χ2v) is 4.43. The molecule has 1 aromatic heterocycles. The molecule has 0 saturated heterocycles. The molecule has 1 aromatic carbocycles. The predicted molar refractivity (Wildman–Crippen MR) is 73.5 cm³/mol. The third kappa shape index (κ3) is 3.00. The fourth-order valence-electron chi connectivity index (χ4n) is 1.64. The van der Waals surface area contributed by atoms with Crippen LogP contribution in [0.25, 0.3) is 0 Å². The van der Waals surface area contributed by atoms with Gasteiger partial charge in [-0.15, -0.1) is 0 Å². The van der Waals surface area contributed by atoms with Crippen molar-refractivity contribution in [2.45, 2.75) is 13.8 Å². The number of hydrogen-bond acceptors (Lipinski definition) is 4. The SMILES string of the molecule is Cc1cc(C=Nc2ccc(Cl)c([N+](=O)[O-])c2)c(C)o1. The van der Waals surface area contributed by atoms with E-state index in [4.69, 9.17) is 16.0 Å². The molecular formula is C13H11ClN2O3. The molecule has 0 aliphatic carbocycles. The van der Waals surface area contributed by atoms with E-state index < -0.39 is 4.92 Å². The highest BCUT2D eigenvalue weighted by Gasteiger charge is 2.12. The van der Waals surface area contributed by atoms with E-state index in [-0.39, 0.29) is 10.7 Å². The van der Waals surface area contributed by atoms with Crippen LogP contribution >= 0.6 is 11.6 Å². The minimum atomic E-state index is -0.533. The van der Waals surface area contributed by atoms with Crippen molar-refractivity contribution in [1.82, 2.24) is 0 Å². The van der Waals surface area contributed by atoms with Gasteiger partial charge in [-0.2, -0.15) is 0 Å². The molecule has 0 bridgehead atoms. The average molecular weight is 279 g/mol. The van der Waals surface area contributed by atoms with E-state index in [0.29, 0.717) is 5.69 Å². The van der Waals surface area contributed by atoms with Crippen LogP contribution in [0.1, 0.15) is 17.1 Å². The highest BCUT2D eigenvalue weighted by molar-refractivity contribution is 6.32. The van der Waals surface area contributed by atoms with E-state index in [9.17, 15) is 10.1 Å². The standard InChI is InChI=1S/C13H11ClN2O3/c1-8-5-10(9(2)19-8)7-15-11-3-4-12(14)13(6-11)16(17)18/h3-7H,1-2H3. The number of halogens is 1. The van der Waals surface area contributed by atoms with Crippen LogP contribution in [0.4, 0.5) is 11.4 Å². The Labute approximate surface area is 114 Å². The maximum atomic E-state index is 10.8. The van der Waals surface area contributed by atoms with Gasteiger partial charge >= 0.3 is 0 Å². The molecular weight excluding hydrogens is 268 g/mol. The zero-order valence-electron chi connectivity index (χ0n) is 10.4. The lowest BCUT2D eigenvalue weighted by atomic mass is 10.2. The Kier molecular flexibility index (Phi) is 3.66. The molecule has 2 rings (SSSR count). The number of hydrogen-bond donors (Lipinski definition) is 0. The number of aliphatic imine (C=N–C) groups is 1. The summed E-state index contributed by atoms with van der Waals surface area (Å²) in [5.41, 5.74) is 1.15. The molecule has 0 radical (unpaired) electrons. The van der Waals surface area contributed by atoms with Gasteiger partial charge in [0, 0.05) is 17.8 Å². The number of nitro groups is 1. The number of nitro benzene ring substituents is 1. The first-order chi connectivity index (χ1) is 8.97. The summed E-state index contributed by atoms with van der Waals surface area (Å²) in [5.74, 6) is 1.55. The third-order valence-electron chi connectivity index (χ3n) is 2.56. The molecule has 0 aliphatic heterocycles. The molecule has 98 valence electrons. The smallest absolute Gasteiger partial charge is 0.290 e. The first kappa shape index (κ1) is 13.3. The Hall–Kier alpha value is -2.14. The van der Waals surface area contributed by atoms with E-state index in [0.717, 1.165) is 17.1 Å². The van der Waals surface area contributed by atoms with Gasteiger partial charge < -0.3 is 4.42 Å². The van der Waals surface area contributed by atoms with Crippen LogP contribution in [0.5, 0.6) is 0 Å². The number of rotatable bonds is 3. The minimum absolute atomic E-state index is 0.0966. The fourth-order valence-corrected chi connectivity index (χ4v) is 1.83. The summed E-state index contributed by atoms with van der Waals surface area (Å²) in [6.45, 7) is 3.68. The second kappa shape index (κ2) is 5.24. The largest absolute Gasteiger partial charge is 0.466 e. The van der Waals surface area contributed by atoms with Crippen LogP contribution in [0.2, 0.25) is 5.02 Å². The number of aryl methyl sites for hydroxylation is 2. The summed E-state index contributed by atoms with van der Waals surface area (Å²) in [7, 11) is 0. The van der Waals surface area contributed by atoms with Crippen LogP contribution < -0.4 is 0 Å². The lowest BCUT2D eigenvalue weighted by Gasteiger charge is -1.96. The van der Waals surface area contributed by atoms with Crippen LogP contribution in [-0.2, 0) is 0 Å². The molecule has 2 aromatic rings. The Morgan fingerprint density at radius 2 is 2.11 bits per heavy atom. The topological polar surface area (TPSA) is 68.6 Å². The first-order valence-corrected chi connectivity index (χ1v) is 5.90. The Morgan fingerprint density at radius 1 is 1.37 bits per heavy atom. The average Bonchev–Trinajstić information content (AvgIpc) is 2.66. The molecule has 0 saturated carbocycles. The van der Waals surface area contributed by atoms with Crippen molar-refractivity contribution in [3.8, 4) is 0 Å². The number of nitrogens with zero attached hydrogens (tertiary/aromatic N) is 2. The highest BCUT2D eigenvalue weighted by atomic mass is 35.5. The van der Waals surface area contributed by atoms with E-state index in [1.807, 2.05) is 19.9 Å². The predicted octanol–water partition coefficient (Wildman–Crippen LogP) is 4.21. The molecule has 0 amide bonds. The van der Waals surface area contributed by atoms with Crippen molar-refractivity contribution in [3.05, 3.63) is 56.5 Å². The summed E-state index contributed by atoms with van der Waals surface area (Å²) in [6.07, 6.45) is 1.61. The van der Waals surface area contributed by atoms with Crippen LogP contribution in [0.3, 0.4) is 0 Å². The molecule has 0 unspecified atom stereocenters. The van der Waals surface area contributed by atoms with Gasteiger partial charge in [0.2, 0.25) is 0 Å². The van der Waals surface area contributed by atoms with Crippen molar-refractivity contribution in [3.63, 3.8) is 0 Å². The second-order valence-electron chi connectivity index (χ2n) is 4.02. The van der Waals surface area contributed by atoms with Gasteiger partial charge in [-0.25, -0.2) is 0 Å². The van der Waals surface area contributed by atoms with Gasteiger partial charge in [0.25, 0.3) is 5.69 Å². The summed E-state index contributed by atoms with van der Waals surface area (Å²) in [5, 5.41) is 10.9. The van der Waals surface area contributed by atoms with Crippen molar-refractivity contribution < 1.29 is 9.34 Å². The Balaban J connectivity index is 2.31. The first-order valence-electron chi connectivity index (χ1n) is 5.52. The molecule has 0 aliphatic rings. The summed E-state index contributed by atoms with van der Waals surface area (Å²) in [4.78, 5) is 14.4. The fraction of sp³-hybridized carbons (Fsp3) is 0.154. The zero-order valence-corrected chi connectivity index (χ0v) is 11.1. The molecule has 6 heteroatoms. The summed E-state index contributed by atoms with van der Waals surface area (Å²) >= 11 is 5.73. The van der Waals surface area contributed by atoms with Gasteiger partial charge in [0.1, 0.15) is 16.5 Å². The van der Waals surface area contributed by atoms with Gasteiger partial charge in [-0.3, -0.25) is 15.1 Å². The summed E-state index contributed by atoms with van der Waals surface area (Å²) in [6, 6.07) is 6.26. The third-order valence-corrected chi connectivity index (χ3v) is 2.88. The molecule has 0 N–H and O–H groups in total. The Morgan fingerprint density at radius 3 is 2.68 bits per heavy atom. The van der Waals surface area contributed by atoms with E-state index >= 15 is 0 Å². The molecule has 5 nitrogen and oxygen atoms in total. The minimum Gasteiger partial charge on any atom is -0.466 e.